The van der Waals surface area contributed by atoms with Crippen LogP contribution in [0.5, 0.6) is 0 Å². The summed E-state index contributed by atoms with van der Waals surface area (Å²) in [6, 6.07) is -0.208. The number of nitrogens with zero attached hydrogens (tertiary/aromatic N) is 1. The predicted octanol–water partition coefficient (Wildman–Crippen LogP) is -0.762. The SMILES string of the molecule is COCCOCNC(=O)NCCN1CCOCC1. The van der Waals surface area contributed by atoms with Gasteiger partial charge in [-0.1, -0.05) is 0 Å². The zero-order chi connectivity index (χ0) is 13.1. The van der Waals surface area contributed by atoms with Gasteiger partial charge in [-0.25, -0.2) is 4.79 Å². The molecule has 0 spiro atoms. The first kappa shape index (κ1) is 15.2. The van der Waals surface area contributed by atoms with Gasteiger partial charge in [-0.2, -0.15) is 0 Å². The van der Waals surface area contributed by atoms with Crippen LogP contribution >= 0.6 is 0 Å². The van der Waals surface area contributed by atoms with Crippen molar-refractivity contribution < 1.29 is 19.0 Å². The molecule has 1 aliphatic rings. The Bertz CT molecular complexity index is 222. The number of carbonyl (C=O) groups is 1. The van der Waals surface area contributed by atoms with Gasteiger partial charge in [-0.3, -0.25) is 4.90 Å². The van der Waals surface area contributed by atoms with Gasteiger partial charge in [0, 0.05) is 33.3 Å². The Kier molecular flexibility index (Phi) is 8.49. The average Bonchev–Trinajstić information content (AvgIpc) is 2.40. The zero-order valence-electron chi connectivity index (χ0n) is 10.9. The fourth-order valence-corrected chi connectivity index (χ4v) is 1.55. The smallest absolute Gasteiger partial charge is 0.316 e. The van der Waals surface area contributed by atoms with E-state index in [2.05, 4.69) is 15.5 Å². The van der Waals surface area contributed by atoms with Gasteiger partial charge in [0.05, 0.1) is 26.4 Å². The van der Waals surface area contributed by atoms with Crippen molar-refractivity contribution in [3.05, 3.63) is 0 Å². The molecule has 1 fully saturated rings. The van der Waals surface area contributed by atoms with Gasteiger partial charge < -0.3 is 24.8 Å². The molecule has 0 unspecified atom stereocenters. The number of hydrogen-bond acceptors (Lipinski definition) is 5. The van der Waals surface area contributed by atoms with Crippen molar-refractivity contribution >= 4 is 6.03 Å². The molecule has 2 amide bonds. The van der Waals surface area contributed by atoms with Crippen LogP contribution in [0.4, 0.5) is 4.79 Å². The van der Waals surface area contributed by atoms with Gasteiger partial charge in [0.25, 0.3) is 0 Å². The van der Waals surface area contributed by atoms with E-state index < -0.39 is 0 Å². The second-order valence-corrected chi connectivity index (χ2v) is 3.93. The summed E-state index contributed by atoms with van der Waals surface area (Å²) in [6.45, 7) is 6.11. The van der Waals surface area contributed by atoms with Crippen molar-refractivity contribution in [2.75, 3.05) is 66.4 Å². The molecule has 18 heavy (non-hydrogen) atoms. The van der Waals surface area contributed by atoms with Gasteiger partial charge in [0.1, 0.15) is 6.73 Å². The molecule has 0 aliphatic carbocycles. The monoisotopic (exact) mass is 261 g/mol. The van der Waals surface area contributed by atoms with Crippen LogP contribution in [0.1, 0.15) is 0 Å². The fraction of sp³-hybridized carbons (Fsp3) is 0.909. The van der Waals surface area contributed by atoms with Crippen molar-refractivity contribution in [3.63, 3.8) is 0 Å². The highest BCUT2D eigenvalue weighted by molar-refractivity contribution is 5.73. The first-order valence-electron chi connectivity index (χ1n) is 6.21. The van der Waals surface area contributed by atoms with Crippen LogP contribution in [-0.4, -0.2) is 77.4 Å². The molecule has 0 aromatic carbocycles. The number of methoxy groups -OCH3 is 1. The lowest BCUT2D eigenvalue weighted by molar-refractivity contribution is 0.0386. The van der Waals surface area contributed by atoms with Crippen LogP contribution in [0.2, 0.25) is 0 Å². The molecule has 7 nitrogen and oxygen atoms in total. The number of ether oxygens (including phenoxy) is 3. The molecule has 0 bridgehead atoms. The van der Waals surface area contributed by atoms with Crippen molar-refractivity contribution in [1.29, 1.82) is 0 Å². The Labute approximate surface area is 108 Å². The lowest BCUT2D eigenvalue weighted by Gasteiger charge is -2.26. The van der Waals surface area contributed by atoms with E-state index in [0.29, 0.717) is 19.8 Å². The maximum Gasteiger partial charge on any atom is 0.316 e. The predicted molar refractivity (Wildman–Crippen MR) is 66.5 cm³/mol. The molecule has 1 rings (SSSR count). The Morgan fingerprint density at radius 3 is 2.78 bits per heavy atom. The average molecular weight is 261 g/mol. The molecule has 1 aliphatic heterocycles. The van der Waals surface area contributed by atoms with E-state index in [4.69, 9.17) is 14.2 Å². The van der Waals surface area contributed by atoms with Crippen LogP contribution in [-0.2, 0) is 14.2 Å². The maximum atomic E-state index is 11.3. The van der Waals surface area contributed by atoms with Crippen molar-refractivity contribution in [2.45, 2.75) is 0 Å². The second kappa shape index (κ2) is 10.1. The molecular formula is C11H23N3O4. The molecular weight excluding hydrogens is 238 g/mol. The van der Waals surface area contributed by atoms with Gasteiger partial charge in [-0.15, -0.1) is 0 Å². The minimum Gasteiger partial charge on any atom is -0.382 e. The van der Waals surface area contributed by atoms with Crippen molar-refractivity contribution in [2.24, 2.45) is 0 Å². The van der Waals surface area contributed by atoms with Gasteiger partial charge >= 0.3 is 6.03 Å². The molecule has 1 saturated heterocycles. The molecule has 1 heterocycles. The number of carbonyl (C=O) groups excluding carboxylic acids is 1. The van der Waals surface area contributed by atoms with Crippen molar-refractivity contribution in [1.82, 2.24) is 15.5 Å². The summed E-state index contributed by atoms with van der Waals surface area (Å²) in [5.41, 5.74) is 0. The number of hydrogen-bond donors (Lipinski definition) is 2. The highest BCUT2D eigenvalue weighted by Gasteiger charge is 2.09. The summed E-state index contributed by atoms with van der Waals surface area (Å²) in [5.74, 6) is 0. The molecule has 0 atom stereocenters. The molecule has 2 N–H and O–H groups in total. The highest BCUT2D eigenvalue weighted by atomic mass is 16.5. The quantitative estimate of drug-likeness (QED) is 0.444. The molecule has 0 radical (unpaired) electrons. The highest BCUT2D eigenvalue weighted by Crippen LogP contribution is 1.94. The van der Waals surface area contributed by atoms with Gasteiger partial charge in [0.2, 0.25) is 0 Å². The molecule has 106 valence electrons. The largest absolute Gasteiger partial charge is 0.382 e. The maximum absolute atomic E-state index is 11.3. The van der Waals surface area contributed by atoms with Gasteiger partial charge in [0.15, 0.2) is 0 Å². The lowest BCUT2D eigenvalue weighted by Crippen LogP contribution is -2.44. The summed E-state index contributed by atoms with van der Waals surface area (Å²) < 4.78 is 15.2. The standard InChI is InChI=1S/C11H23N3O4/c1-16-8-9-18-10-13-11(15)12-2-3-14-4-6-17-7-5-14/h2-10H2,1H3,(H2,12,13,15). The van der Waals surface area contributed by atoms with E-state index in [0.717, 1.165) is 32.8 Å². The van der Waals surface area contributed by atoms with E-state index >= 15 is 0 Å². The minimum atomic E-state index is -0.208. The Hall–Kier alpha value is -0.890. The van der Waals surface area contributed by atoms with Crippen LogP contribution in [0, 0.1) is 0 Å². The third kappa shape index (κ3) is 7.44. The first-order valence-corrected chi connectivity index (χ1v) is 6.21. The number of nitrogens with one attached hydrogen (secondary N) is 2. The fourth-order valence-electron chi connectivity index (χ4n) is 1.55. The summed E-state index contributed by atoms with van der Waals surface area (Å²) in [5, 5.41) is 5.39. The topological polar surface area (TPSA) is 72.1 Å². The summed E-state index contributed by atoms with van der Waals surface area (Å²) in [7, 11) is 1.61. The molecule has 0 aromatic rings. The summed E-state index contributed by atoms with van der Waals surface area (Å²) in [6.07, 6.45) is 0. The zero-order valence-corrected chi connectivity index (χ0v) is 10.9. The van der Waals surface area contributed by atoms with Crippen molar-refractivity contribution in [3.8, 4) is 0 Å². The van der Waals surface area contributed by atoms with E-state index in [1.165, 1.54) is 0 Å². The Balaban J connectivity index is 1.89. The van der Waals surface area contributed by atoms with Crippen LogP contribution in [0.3, 0.4) is 0 Å². The minimum absolute atomic E-state index is 0.201. The van der Waals surface area contributed by atoms with E-state index in [1.807, 2.05) is 0 Å². The van der Waals surface area contributed by atoms with E-state index in [-0.39, 0.29) is 12.8 Å². The first-order chi connectivity index (χ1) is 8.83. The Morgan fingerprint density at radius 2 is 2.06 bits per heavy atom. The summed E-state index contributed by atoms with van der Waals surface area (Å²) in [4.78, 5) is 13.6. The van der Waals surface area contributed by atoms with E-state index in [1.54, 1.807) is 7.11 Å². The third-order valence-electron chi connectivity index (χ3n) is 2.58. The number of morpholine rings is 1. The van der Waals surface area contributed by atoms with Crippen LogP contribution < -0.4 is 10.6 Å². The lowest BCUT2D eigenvalue weighted by atomic mass is 10.4. The van der Waals surface area contributed by atoms with Gasteiger partial charge in [-0.05, 0) is 0 Å². The number of rotatable bonds is 8. The normalized spacial score (nSPS) is 16.5. The Morgan fingerprint density at radius 1 is 1.28 bits per heavy atom. The number of amides is 2. The molecule has 0 saturated carbocycles. The second-order valence-electron chi connectivity index (χ2n) is 3.93. The molecule has 7 heteroatoms. The van der Waals surface area contributed by atoms with Crippen LogP contribution in [0.25, 0.3) is 0 Å². The summed E-state index contributed by atoms with van der Waals surface area (Å²) >= 11 is 0. The molecule has 0 aromatic heterocycles. The van der Waals surface area contributed by atoms with Crippen LogP contribution in [0.15, 0.2) is 0 Å². The number of urea groups is 1. The third-order valence-corrected chi connectivity index (χ3v) is 2.58. The van der Waals surface area contributed by atoms with E-state index in [9.17, 15) is 4.79 Å².